The number of hydrogen-bond donors (Lipinski definition) is 0. The van der Waals surface area contributed by atoms with Crippen LogP contribution in [0.4, 0.5) is 17.3 Å². The molecule has 6 heteroatoms. The zero-order valence-electron chi connectivity index (χ0n) is 28.1. The third-order valence-corrected chi connectivity index (χ3v) is 13.0. The van der Waals surface area contributed by atoms with E-state index in [1.54, 1.807) is 11.3 Å². The summed E-state index contributed by atoms with van der Waals surface area (Å²) in [6.45, 7) is 0. The highest BCUT2D eigenvalue weighted by Gasteiger charge is 2.30. The van der Waals surface area contributed by atoms with E-state index in [0.717, 1.165) is 22.5 Å². The van der Waals surface area contributed by atoms with Crippen molar-refractivity contribution >= 4 is 102 Å². The van der Waals surface area contributed by atoms with Crippen molar-refractivity contribution in [2.24, 2.45) is 0 Å². The third-order valence-electron chi connectivity index (χ3n) is 10.6. The molecular formula is C47H26N4S2. The zero-order valence-corrected chi connectivity index (χ0v) is 29.7. The Morgan fingerprint density at radius 3 is 1.96 bits per heavy atom. The predicted molar refractivity (Wildman–Crippen MR) is 225 cm³/mol. The van der Waals surface area contributed by atoms with E-state index in [0.29, 0.717) is 17.6 Å². The molecule has 53 heavy (non-hydrogen) atoms. The van der Waals surface area contributed by atoms with Crippen molar-refractivity contribution in [1.29, 1.82) is 0 Å². The number of thiophene rings is 2. The second-order valence-electron chi connectivity index (χ2n) is 13.6. The highest BCUT2D eigenvalue weighted by molar-refractivity contribution is 7.26. The summed E-state index contributed by atoms with van der Waals surface area (Å²) in [6.07, 6.45) is 0. The molecule has 4 nitrogen and oxygen atoms in total. The van der Waals surface area contributed by atoms with Crippen molar-refractivity contribution in [3.05, 3.63) is 158 Å². The summed E-state index contributed by atoms with van der Waals surface area (Å²) in [5, 5.41) is 9.71. The third kappa shape index (κ3) is 4.25. The topological polar surface area (TPSA) is 41.9 Å². The molecule has 4 heterocycles. The molecule has 1 aliphatic rings. The number of rotatable bonds is 3. The first-order valence-corrected chi connectivity index (χ1v) is 19.3. The summed E-state index contributed by atoms with van der Waals surface area (Å²) < 4.78 is 4.95. The van der Waals surface area contributed by atoms with Crippen LogP contribution in [0.5, 0.6) is 0 Å². The molecule has 1 aliphatic heterocycles. The van der Waals surface area contributed by atoms with E-state index in [1.165, 1.54) is 73.0 Å². The lowest BCUT2D eigenvalue weighted by molar-refractivity contribution is 1.03. The average molecular weight is 711 g/mol. The van der Waals surface area contributed by atoms with Gasteiger partial charge < -0.3 is 0 Å². The van der Waals surface area contributed by atoms with Crippen LogP contribution in [0.25, 0.3) is 95.8 Å². The number of aromatic nitrogens is 3. The van der Waals surface area contributed by atoms with Crippen LogP contribution >= 0.6 is 22.7 Å². The fourth-order valence-corrected chi connectivity index (χ4v) is 10.6. The molecule has 8 aromatic carbocycles. The van der Waals surface area contributed by atoms with Crippen LogP contribution in [0.2, 0.25) is 0 Å². The zero-order chi connectivity index (χ0) is 34.6. The van der Waals surface area contributed by atoms with Gasteiger partial charge in [0.25, 0.3) is 0 Å². The van der Waals surface area contributed by atoms with Gasteiger partial charge in [0.1, 0.15) is 0 Å². The van der Waals surface area contributed by atoms with Crippen molar-refractivity contribution in [3.63, 3.8) is 0 Å². The molecule has 12 rings (SSSR count). The van der Waals surface area contributed by atoms with Crippen molar-refractivity contribution in [2.75, 3.05) is 4.90 Å². The fraction of sp³-hybridized carbons (Fsp3) is 0. The number of hydrogen-bond acceptors (Lipinski definition) is 6. The Hall–Kier alpha value is -6.47. The summed E-state index contributed by atoms with van der Waals surface area (Å²) in [7, 11) is 0. The van der Waals surface area contributed by atoms with Crippen molar-refractivity contribution < 1.29 is 0 Å². The SMILES string of the molecule is c1ccc2c3c(ccc2c1)N(c1nc(-c2ccc4sc5ccccc5c4c2)nc(-c2cccc4c2sc2ccccc24)n1)c1cccc2cccc-3c12. The Bertz CT molecular complexity index is 3320. The Morgan fingerprint density at radius 1 is 0.415 bits per heavy atom. The van der Waals surface area contributed by atoms with Gasteiger partial charge in [-0.25, -0.2) is 4.98 Å². The highest BCUT2D eigenvalue weighted by Crippen LogP contribution is 2.53. The van der Waals surface area contributed by atoms with Crippen LogP contribution < -0.4 is 4.90 Å². The van der Waals surface area contributed by atoms with E-state index in [1.807, 2.05) is 11.3 Å². The monoisotopic (exact) mass is 710 g/mol. The second-order valence-corrected chi connectivity index (χ2v) is 15.7. The van der Waals surface area contributed by atoms with Gasteiger partial charge in [0.15, 0.2) is 11.6 Å². The molecule has 0 N–H and O–H groups in total. The van der Waals surface area contributed by atoms with Crippen molar-refractivity contribution in [3.8, 4) is 33.9 Å². The summed E-state index contributed by atoms with van der Waals surface area (Å²) in [4.78, 5) is 18.4. The summed E-state index contributed by atoms with van der Waals surface area (Å²) in [5.41, 5.74) is 6.49. The van der Waals surface area contributed by atoms with Gasteiger partial charge in [0, 0.05) is 62.4 Å². The molecule has 0 bridgehead atoms. The maximum absolute atomic E-state index is 5.43. The Kier molecular flexibility index (Phi) is 6.06. The van der Waals surface area contributed by atoms with Gasteiger partial charge in [-0.05, 0) is 70.3 Å². The molecular weight excluding hydrogens is 685 g/mol. The van der Waals surface area contributed by atoms with Crippen LogP contribution in [-0.2, 0) is 0 Å². The van der Waals surface area contributed by atoms with Gasteiger partial charge in [-0.15, -0.1) is 22.7 Å². The molecule has 0 saturated carbocycles. The van der Waals surface area contributed by atoms with Gasteiger partial charge in [0.05, 0.1) is 11.4 Å². The first-order valence-electron chi connectivity index (χ1n) is 17.7. The van der Waals surface area contributed by atoms with Gasteiger partial charge in [-0.2, -0.15) is 9.97 Å². The standard InChI is InChI=1S/C47H26N4S2/c1-2-13-30-27(10-1)22-24-38-43(30)34-17-7-11-28-12-8-19-37(42(28)34)51(38)47-49-45(29-23-25-41-36(26-29)32-15-4-5-20-39(32)52-41)48-46(50-47)35-18-9-16-33-31-14-3-6-21-40(31)53-44(33)35/h1-26H. The number of anilines is 3. The Labute approximate surface area is 311 Å². The second kappa shape index (κ2) is 11.0. The Morgan fingerprint density at radius 2 is 1.08 bits per heavy atom. The molecule has 0 spiro atoms. The van der Waals surface area contributed by atoms with Crippen LogP contribution in [0.1, 0.15) is 0 Å². The van der Waals surface area contributed by atoms with Gasteiger partial charge in [-0.1, -0.05) is 109 Å². The average Bonchev–Trinajstić information content (AvgIpc) is 3.79. The van der Waals surface area contributed by atoms with Crippen molar-refractivity contribution in [1.82, 2.24) is 15.0 Å². The smallest absolute Gasteiger partial charge is 0.238 e. The molecule has 3 aromatic heterocycles. The van der Waals surface area contributed by atoms with Crippen LogP contribution in [0.3, 0.4) is 0 Å². The van der Waals surface area contributed by atoms with E-state index in [-0.39, 0.29) is 0 Å². The summed E-state index contributed by atoms with van der Waals surface area (Å²) >= 11 is 3.61. The maximum Gasteiger partial charge on any atom is 0.238 e. The normalized spacial score (nSPS) is 12.5. The van der Waals surface area contributed by atoms with E-state index in [4.69, 9.17) is 15.0 Å². The molecule has 0 fully saturated rings. The minimum atomic E-state index is 0.594. The molecule has 0 atom stereocenters. The molecule has 0 saturated heterocycles. The number of benzene rings is 8. The predicted octanol–water partition coefficient (Wildman–Crippen LogP) is 13.7. The van der Waals surface area contributed by atoms with Crippen molar-refractivity contribution in [2.45, 2.75) is 0 Å². The van der Waals surface area contributed by atoms with Gasteiger partial charge in [-0.3, -0.25) is 4.90 Å². The van der Waals surface area contributed by atoms with E-state index in [9.17, 15) is 0 Å². The van der Waals surface area contributed by atoms with Crippen LogP contribution in [-0.4, -0.2) is 15.0 Å². The largest absolute Gasteiger partial charge is 0.278 e. The lowest BCUT2D eigenvalue weighted by Gasteiger charge is -2.32. The molecule has 246 valence electrons. The maximum atomic E-state index is 5.43. The molecule has 0 radical (unpaired) electrons. The van der Waals surface area contributed by atoms with Gasteiger partial charge >= 0.3 is 0 Å². The first kappa shape index (κ1) is 29.1. The molecule has 0 aliphatic carbocycles. The minimum Gasteiger partial charge on any atom is -0.278 e. The van der Waals surface area contributed by atoms with Crippen LogP contribution in [0, 0.1) is 0 Å². The first-order chi connectivity index (χ1) is 26.3. The quantitative estimate of drug-likeness (QED) is 0.183. The lowest BCUT2D eigenvalue weighted by atomic mass is 9.88. The molecule has 0 amide bonds. The lowest BCUT2D eigenvalue weighted by Crippen LogP contribution is -2.19. The van der Waals surface area contributed by atoms with Crippen LogP contribution in [0.15, 0.2) is 158 Å². The number of fused-ring (bicyclic) bond motifs is 10. The highest BCUT2D eigenvalue weighted by atomic mass is 32.1. The summed E-state index contributed by atoms with van der Waals surface area (Å²) in [5.74, 6) is 1.90. The minimum absolute atomic E-state index is 0.594. The van der Waals surface area contributed by atoms with E-state index < -0.39 is 0 Å². The van der Waals surface area contributed by atoms with E-state index in [2.05, 4.69) is 163 Å². The van der Waals surface area contributed by atoms with E-state index >= 15 is 0 Å². The number of nitrogens with zero attached hydrogens (tertiary/aromatic N) is 4. The van der Waals surface area contributed by atoms with Gasteiger partial charge in [0.2, 0.25) is 5.95 Å². The molecule has 0 unspecified atom stereocenters. The molecule has 11 aromatic rings. The fourth-order valence-electron chi connectivity index (χ4n) is 8.29. The Balaban J connectivity index is 1.18. The summed E-state index contributed by atoms with van der Waals surface area (Å²) in [6, 6.07) is 56.6.